The van der Waals surface area contributed by atoms with Gasteiger partial charge in [-0.3, -0.25) is 4.79 Å². The van der Waals surface area contributed by atoms with Gasteiger partial charge in [0.25, 0.3) is 0 Å². The molecule has 0 aliphatic carbocycles. The Morgan fingerprint density at radius 3 is 2.16 bits per heavy atom. The number of Topliss-reactive ketones (excluding diaryl/α,β-unsaturated/α-hetero) is 1. The molecule has 0 aromatic heterocycles. The van der Waals surface area contributed by atoms with Crippen molar-refractivity contribution in [3.05, 3.63) is 71.8 Å². The van der Waals surface area contributed by atoms with Crippen LogP contribution in [0.4, 0.5) is 0 Å². The number of rotatable bonds is 3. The molecule has 2 aromatic carbocycles. The van der Waals surface area contributed by atoms with Crippen LogP contribution in [0.2, 0.25) is 0 Å². The molecule has 96 valence electrons. The third kappa shape index (κ3) is 2.07. The Labute approximate surface area is 111 Å². The zero-order valence-corrected chi connectivity index (χ0v) is 10.4. The third-order valence-corrected chi connectivity index (χ3v) is 3.34. The van der Waals surface area contributed by atoms with Gasteiger partial charge in [-0.15, -0.1) is 0 Å². The SMILES string of the molecule is O=C(c1ccccc1)[C@]1(c2ccccc2)COCO1. The number of ketones is 1. The van der Waals surface area contributed by atoms with Crippen LogP contribution in [0.5, 0.6) is 0 Å². The predicted molar refractivity (Wildman–Crippen MR) is 70.8 cm³/mol. The molecule has 3 rings (SSSR count). The van der Waals surface area contributed by atoms with E-state index in [4.69, 9.17) is 9.47 Å². The molecule has 2 aromatic rings. The van der Waals surface area contributed by atoms with Crippen molar-refractivity contribution in [3.8, 4) is 0 Å². The molecule has 19 heavy (non-hydrogen) atoms. The molecule has 0 unspecified atom stereocenters. The lowest BCUT2D eigenvalue weighted by molar-refractivity contribution is -0.00231. The lowest BCUT2D eigenvalue weighted by atomic mass is 9.86. The summed E-state index contributed by atoms with van der Waals surface area (Å²) in [4.78, 5) is 12.8. The quantitative estimate of drug-likeness (QED) is 0.790. The summed E-state index contributed by atoms with van der Waals surface area (Å²) in [6, 6.07) is 18.7. The van der Waals surface area contributed by atoms with Crippen LogP contribution in [0, 0.1) is 0 Å². The summed E-state index contributed by atoms with van der Waals surface area (Å²) in [5, 5.41) is 0. The molecule has 3 heteroatoms. The highest BCUT2D eigenvalue weighted by atomic mass is 16.7. The Balaban J connectivity index is 2.05. The zero-order chi connectivity index (χ0) is 13.1. The van der Waals surface area contributed by atoms with E-state index in [1.807, 2.05) is 48.5 Å². The fourth-order valence-corrected chi connectivity index (χ4v) is 2.33. The molecule has 0 saturated carbocycles. The second-order valence-corrected chi connectivity index (χ2v) is 4.50. The fourth-order valence-electron chi connectivity index (χ4n) is 2.33. The Kier molecular flexibility index (Phi) is 3.15. The largest absolute Gasteiger partial charge is 0.351 e. The fraction of sp³-hybridized carbons (Fsp3) is 0.188. The average molecular weight is 254 g/mol. The van der Waals surface area contributed by atoms with Crippen LogP contribution in [0.1, 0.15) is 15.9 Å². The predicted octanol–water partition coefficient (Wildman–Crippen LogP) is 2.77. The number of hydrogen-bond donors (Lipinski definition) is 0. The van der Waals surface area contributed by atoms with Crippen molar-refractivity contribution in [1.29, 1.82) is 0 Å². The van der Waals surface area contributed by atoms with Crippen LogP contribution in [-0.4, -0.2) is 19.2 Å². The summed E-state index contributed by atoms with van der Waals surface area (Å²) in [7, 11) is 0. The van der Waals surface area contributed by atoms with Crippen LogP contribution in [0.3, 0.4) is 0 Å². The van der Waals surface area contributed by atoms with Crippen LogP contribution >= 0.6 is 0 Å². The minimum Gasteiger partial charge on any atom is -0.351 e. The van der Waals surface area contributed by atoms with Crippen molar-refractivity contribution in [3.63, 3.8) is 0 Å². The van der Waals surface area contributed by atoms with Gasteiger partial charge < -0.3 is 9.47 Å². The molecule has 1 aliphatic rings. The van der Waals surface area contributed by atoms with E-state index in [9.17, 15) is 4.79 Å². The number of carbonyl (C=O) groups excluding carboxylic acids is 1. The van der Waals surface area contributed by atoms with E-state index in [1.165, 1.54) is 0 Å². The lowest BCUT2D eigenvalue weighted by Gasteiger charge is -2.25. The highest BCUT2D eigenvalue weighted by Crippen LogP contribution is 2.34. The molecular formula is C16H14O3. The maximum absolute atomic E-state index is 12.8. The molecule has 0 bridgehead atoms. The van der Waals surface area contributed by atoms with Crippen molar-refractivity contribution in [2.45, 2.75) is 5.60 Å². The summed E-state index contributed by atoms with van der Waals surface area (Å²) in [6.45, 7) is 0.401. The molecule has 1 saturated heterocycles. The molecule has 1 fully saturated rings. The Bertz CT molecular complexity index is 557. The molecule has 0 spiro atoms. The summed E-state index contributed by atoms with van der Waals surface area (Å²) in [5.74, 6) is -0.0585. The van der Waals surface area contributed by atoms with Gasteiger partial charge in [0.2, 0.25) is 5.78 Å². The van der Waals surface area contributed by atoms with Gasteiger partial charge in [-0.1, -0.05) is 60.7 Å². The second-order valence-electron chi connectivity index (χ2n) is 4.50. The van der Waals surface area contributed by atoms with Crippen molar-refractivity contribution in [2.24, 2.45) is 0 Å². The van der Waals surface area contributed by atoms with Gasteiger partial charge in [0, 0.05) is 5.56 Å². The lowest BCUT2D eigenvalue weighted by Crippen LogP contribution is -2.38. The van der Waals surface area contributed by atoms with Crippen LogP contribution in [0.25, 0.3) is 0 Å². The summed E-state index contributed by atoms with van der Waals surface area (Å²) >= 11 is 0. The topological polar surface area (TPSA) is 35.5 Å². The van der Waals surface area contributed by atoms with Crippen LogP contribution < -0.4 is 0 Å². The molecular weight excluding hydrogens is 240 g/mol. The monoisotopic (exact) mass is 254 g/mol. The Morgan fingerprint density at radius 2 is 1.58 bits per heavy atom. The molecule has 1 atom stereocenters. The third-order valence-electron chi connectivity index (χ3n) is 3.34. The molecule has 3 nitrogen and oxygen atoms in total. The first-order valence-corrected chi connectivity index (χ1v) is 6.20. The van der Waals surface area contributed by atoms with Gasteiger partial charge in [-0.25, -0.2) is 0 Å². The smallest absolute Gasteiger partial charge is 0.201 e. The molecule has 1 aliphatic heterocycles. The van der Waals surface area contributed by atoms with E-state index < -0.39 is 5.60 Å². The normalized spacial score (nSPS) is 22.3. The molecule has 0 N–H and O–H groups in total. The average Bonchev–Trinajstić information content (AvgIpc) is 2.99. The number of carbonyl (C=O) groups is 1. The highest BCUT2D eigenvalue weighted by Gasteiger charge is 2.45. The van der Waals surface area contributed by atoms with Crippen molar-refractivity contribution in [2.75, 3.05) is 13.4 Å². The minimum absolute atomic E-state index is 0.0585. The van der Waals surface area contributed by atoms with Gasteiger partial charge in [0.05, 0.1) is 6.61 Å². The van der Waals surface area contributed by atoms with Crippen molar-refractivity contribution < 1.29 is 14.3 Å². The molecule has 1 heterocycles. The molecule has 0 radical (unpaired) electrons. The van der Waals surface area contributed by atoms with Crippen LogP contribution in [0.15, 0.2) is 60.7 Å². The van der Waals surface area contributed by atoms with Gasteiger partial charge in [-0.2, -0.15) is 0 Å². The van der Waals surface area contributed by atoms with Gasteiger partial charge in [0.15, 0.2) is 5.60 Å². The first-order chi connectivity index (χ1) is 9.33. The Morgan fingerprint density at radius 1 is 0.947 bits per heavy atom. The zero-order valence-electron chi connectivity index (χ0n) is 10.4. The van der Waals surface area contributed by atoms with Crippen molar-refractivity contribution >= 4 is 5.78 Å². The van der Waals surface area contributed by atoms with Gasteiger partial charge >= 0.3 is 0 Å². The molecule has 0 amide bonds. The van der Waals surface area contributed by atoms with Crippen LogP contribution in [-0.2, 0) is 15.1 Å². The van der Waals surface area contributed by atoms with E-state index in [1.54, 1.807) is 12.1 Å². The van der Waals surface area contributed by atoms with Crippen molar-refractivity contribution in [1.82, 2.24) is 0 Å². The van der Waals surface area contributed by atoms with E-state index in [2.05, 4.69) is 0 Å². The first kappa shape index (κ1) is 12.1. The van der Waals surface area contributed by atoms with E-state index in [0.717, 1.165) is 5.56 Å². The number of hydrogen-bond acceptors (Lipinski definition) is 3. The number of ether oxygens (including phenoxy) is 2. The summed E-state index contributed by atoms with van der Waals surface area (Å²) < 4.78 is 11.0. The standard InChI is InChI=1S/C16H14O3/c17-15(13-7-3-1-4-8-13)16(11-18-12-19-16)14-9-5-2-6-10-14/h1-10H,11-12H2/t16-/m1/s1. The number of benzene rings is 2. The summed E-state index contributed by atoms with van der Waals surface area (Å²) in [6.07, 6.45) is 0. The maximum atomic E-state index is 12.8. The minimum atomic E-state index is -1.01. The first-order valence-electron chi connectivity index (χ1n) is 6.20. The Hall–Kier alpha value is -1.97. The highest BCUT2D eigenvalue weighted by molar-refractivity contribution is 6.03. The van der Waals surface area contributed by atoms with Gasteiger partial charge in [-0.05, 0) is 5.56 Å². The van der Waals surface area contributed by atoms with Gasteiger partial charge in [0.1, 0.15) is 6.79 Å². The van der Waals surface area contributed by atoms with E-state index in [0.29, 0.717) is 5.56 Å². The summed E-state index contributed by atoms with van der Waals surface area (Å²) in [5.41, 5.74) is 0.459. The maximum Gasteiger partial charge on any atom is 0.201 e. The second kappa shape index (κ2) is 4.96. The van der Waals surface area contributed by atoms with E-state index >= 15 is 0 Å². The van der Waals surface area contributed by atoms with E-state index in [-0.39, 0.29) is 19.2 Å².